The summed E-state index contributed by atoms with van der Waals surface area (Å²) in [6.07, 6.45) is 13.8. The Bertz CT molecular complexity index is 1010. The fourth-order valence-electron chi connectivity index (χ4n) is 7.24. The van der Waals surface area contributed by atoms with E-state index in [1.165, 1.54) is 60.8 Å². The predicted octanol–water partition coefficient (Wildman–Crippen LogP) is 9.60. The molecule has 4 nitrogen and oxygen atoms in total. The highest BCUT2D eigenvalue weighted by Crippen LogP contribution is 2.51. The van der Waals surface area contributed by atoms with E-state index in [2.05, 4.69) is 67.2 Å². The van der Waals surface area contributed by atoms with Gasteiger partial charge in [0, 0.05) is 0 Å². The molecule has 0 radical (unpaired) electrons. The van der Waals surface area contributed by atoms with Gasteiger partial charge in [0.2, 0.25) is 0 Å². The van der Waals surface area contributed by atoms with Gasteiger partial charge >= 0.3 is 0 Å². The summed E-state index contributed by atoms with van der Waals surface area (Å²) >= 11 is 0. The molecule has 0 bridgehead atoms. The van der Waals surface area contributed by atoms with Gasteiger partial charge in [-0.15, -0.1) is 0 Å². The Labute approximate surface area is 270 Å². The first-order valence-electron chi connectivity index (χ1n) is 17.1. The second kappa shape index (κ2) is 15.2. The molecule has 4 saturated carbocycles. The van der Waals surface area contributed by atoms with Gasteiger partial charge in [-0.05, 0) is 153 Å². The summed E-state index contributed by atoms with van der Waals surface area (Å²) in [5.74, 6) is 2.48. The summed E-state index contributed by atoms with van der Waals surface area (Å²) in [7, 11) is 0. The van der Waals surface area contributed by atoms with Crippen LogP contribution < -0.4 is 0 Å². The molecule has 2 N–H and O–H groups in total. The van der Waals surface area contributed by atoms with Gasteiger partial charge in [-0.2, -0.15) is 0 Å². The van der Waals surface area contributed by atoms with Gasteiger partial charge in [0.1, 0.15) is 0 Å². The number of ether oxygens (including phenoxy) is 2. The number of aliphatic hydroxyl groups is 2. The first-order valence-corrected chi connectivity index (χ1v) is 17.1. The minimum atomic E-state index is -0.287. The van der Waals surface area contributed by atoms with Crippen molar-refractivity contribution in [3.8, 4) is 0 Å². The minimum absolute atomic E-state index is 0.270. The number of aliphatic hydroxyl groups excluding tert-OH is 2. The van der Waals surface area contributed by atoms with Crippen molar-refractivity contribution in [1.29, 1.82) is 0 Å². The van der Waals surface area contributed by atoms with Gasteiger partial charge in [-0.3, -0.25) is 0 Å². The van der Waals surface area contributed by atoms with E-state index in [9.17, 15) is 10.2 Å². The lowest BCUT2D eigenvalue weighted by atomic mass is 9.80. The third-order valence-corrected chi connectivity index (χ3v) is 11.4. The van der Waals surface area contributed by atoms with Crippen LogP contribution in [-0.2, 0) is 9.47 Å². The SMILES string of the molecule is C=C(C)[C@H]1CCC(=C)[C@@H](O)C1.C=C(C)[C@H]1CCC(=C)[C@H](O)C1.C=C(C)[C@H]1CC[C@@]2(C)O[C@H]2C1.C=C(C)[C@H]1CC[C@]2(C)OC2C1. The molecule has 4 aliphatic carbocycles. The zero-order chi connectivity index (χ0) is 33.0. The lowest BCUT2D eigenvalue weighted by Gasteiger charge is -2.27. The molecule has 0 aromatic rings. The molecule has 4 heteroatoms. The lowest BCUT2D eigenvalue weighted by molar-refractivity contribution is 0.158. The zero-order valence-electron chi connectivity index (χ0n) is 29.1. The van der Waals surface area contributed by atoms with E-state index >= 15 is 0 Å². The van der Waals surface area contributed by atoms with Crippen LogP contribution in [0.2, 0.25) is 0 Å². The van der Waals surface area contributed by atoms with Gasteiger partial charge in [-0.1, -0.05) is 61.8 Å². The Kier molecular flexibility index (Phi) is 12.7. The van der Waals surface area contributed by atoms with Crippen molar-refractivity contribution in [1.82, 2.24) is 0 Å². The van der Waals surface area contributed by atoms with E-state index in [-0.39, 0.29) is 23.4 Å². The molecule has 2 saturated heterocycles. The third kappa shape index (κ3) is 10.1. The average molecular weight is 609 g/mol. The van der Waals surface area contributed by atoms with E-state index < -0.39 is 0 Å². The van der Waals surface area contributed by atoms with Crippen LogP contribution >= 0.6 is 0 Å². The molecule has 0 spiro atoms. The first kappa shape index (κ1) is 36.7. The zero-order valence-corrected chi connectivity index (χ0v) is 29.1. The van der Waals surface area contributed by atoms with E-state index in [0.29, 0.717) is 24.0 Å². The summed E-state index contributed by atoms with van der Waals surface area (Å²) in [5.41, 5.74) is 7.57. The Balaban J connectivity index is 0.000000160. The number of hydrogen-bond donors (Lipinski definition) is 2. The standard InChI is InChI=1S/4C10H16O/c2*1-7(2)8-4-5-10(3)9(6-8)11-10;2*1-7(2)9-5-4-8(3)10(11)6-9/h2*8-9H,1,4-6H2,2-3H3;2*9-11H,1,3-6H2,2H3/t8-,9?,10-;8-,9-,10+;9-,10+;9-,10-/m0000/s1. The molecule has 2 heterocycles. The van der Waals surface area contributed by atoms with Gasteiger partial charge in [-0.25, -0.2) is 0 Å². The van der Waals surface area contributed by atoms with Gasteiger partial charge in [0.15, 0.2) is 0 Å². The molecular formula is C40H64O4. The third-order valence-electron chi connectivity index (χ3n) is 11.4. The Hall–Kier alpha value is -1.72. The van der Waals surface area contributed by atoms with Crippen LogP contribution in [0, 0.1) is 23.7 Å². The summed E-state index contributed by atoms with van der Waals surface area (Å²) in [6.45, 7) is 36.2. The molecule has 6 fully saturated rings. The summed E-state index contributed by atoms with van der Waals surface area (Å²) < 4.78 is 11.2. The highest BCUT2D eigenvalue weighted by atomic mass is 16.6. The van der Waals surface area contributed by atoms with Crippen LogP contribution in [-0.4, -0.2) is 45.8 Å². The van der Waals surface area contributed by atoms with Gasteiger partial charge in [0.05, 0.1) is 35.6 Å². The van der Waals surface area contributed by atoms with Crippen molar-refractivity contribution in [2.75, 3.05) is 0 Å². The molecule has 10 atom stereocenters. The first-order chi connectivity index (χ1) is 20.5. The van der Waals surface area contributed by atoms with E-state index in [0.717, 1.165) is 61.5 Å². The molecule has 1 unspecified atom stereocenters. The van der Waals surface area contributed by atoms with Gasteiger partial charge in [0.25, 0.3) is 0 Å². The molecule has 0 amide bonds. The summed E-state index contributed by atoms with van der Waals surface area (Å²) in [5, 5.41) is 18.9. The fourth-order valence-corrected chi connectivity index (χ4v) is 7.24. The second-order valence-electron chi connectivity index (χ2n) is 15.5. The maximum absolute atomic E-state index is 9.46. The molecule has 0 aromatic heterocycles. The molecule has 2 aliphatic heterocycles. The second-order valence-corrected chi connectivity index (χ2v) is 15.5. The molecule has 248 valence electrons. The fraction of sp³-hybridized carbons (Fsp3) is 0.700. The smallest absolute Gasteiger partial charge is 0.0920 e. The molecule has 0 aromatic carbocycles. The lowest BCUT2D eigenvalue weighted by Crippen LogP contribution is -2.22. The minimum Gasteiger partial charge on any atom is -0.389 e. The van der Waals surface area contributed by atoms with Crippen LogP contribution in [0.3, 0.4) is 0 Å². The van der Waals surface area contributed by atoms with Crippen LogP contribution in [0.4, 0.5) is 0 Å². The monoisotopic (exact) mass is 608 g/mol. The van der Waals surface area contributed by atoms with Crippen LogP contribution in [0.15, 0.2) is 72.9 Å². The van der Waals surface area contributed by atoms with Crippen molar-refractivity contribution in [2.24, 2.45) is 23.7 Å². The number of rotatable bonds is 4. The van der Waals surface area contributed by atoms with Crippen LogP contribution in [0.1, 0.15) is 119 Å². The topological polar surface area (TPSA) is 65.5 Å². The van der Waals surface area contributed by atoms with Crippen molar-refractivity contribution in [3.05, 3.63) is 72.9 Å². The Morgan fingerprint density at radius 3 is 1.11 bits per heavy atom. The normalized spacial score (nSPS) is 40.1. The highest BCUT2D eigenvalue weighted by Gasteiger charge is 2.55. The largest absolute Gasteiger partial charge is 0.389 e. The van der Waals surface area contributed by atoms with E-state index in [4.69, 9.17) is 9.47 Å². The number of hydrogen-bond acceptors (Lipinski definition) is 4. The molecule has 6 aliphatic rings. The van der Waals surface area contributed by atoms with Crippen molar-refractivity contribution < 1.29 is 19.7 Å². The Morgan fingerprint density at radius 1 is 0.568 bits per heavy atom. The number of allylic oxidation sites excluding steroid dienone is 4. The average Bonchev–Trinajstić information content (AvgIpc) is 3.84. The molecule has 44 heavy (non-hydrogen) atoms. The Morgan fingerprint density at radius 2 is 0.864 bits per heavy atom. The quantitative estimate of drug-likeness (QED) is 0.246. The summed E-state index contributed by atoms with van der Waals surface area (Å²) in [6, 6.07) is 0. The summed E-state index contributed by atoms with van der Waals surface area (Å²) in [4.78, 5) is 0. The van der Waals surface area contributed by atoms with Gasteiger partial charge < -0.3 is 19.7 Å². The number of epoxide rings is 2. The van der Waals surface area contributed by atoms with E-state index in [1.807, 2.05) is 13.8 Å². The maximum atomic E-state index is 9.46. The van der Waals surface area contributed by atoms with Crippen LogP contribution in [0.5, 0.6) is 0 Å². The van der Waals surface area contributed by atoms with Crippen molar-refractivity contribution in [2.45, 2.75) is 154 Å². The maximum Gasteiger partial charge on any atom is 0.0920 e. The molecule has 6 rings (SSSR count). The highest BCUT2D eigenvalue weighted by molar-refractivity contribution is 5.13. The van der Waals surface area contributed by atoms with Crippen LogP contribution in [0.25, 0.3) is 0 Å². The number of fused-ring (bicyclic) bond motifs is 2. The van der Waals surface area contributed by atoms with Crippen molar-refractivity contribution in [3.63, 3.8) is 0 Å². The predicted molar refractivity (Wildman–Crippen MR) is 185 cm³/mol. The van der Waals surface area contributed by atoms with Crippen molar-refractivity contribution >= 4 is 0 Å². The van der Waals surface area contributed by atoms with E-state index in [1.54, 1.807) is 0 Å². The molecular weight excluding hydrogens is 544 g/mol.